The second kappa shape index (κ2) is 8.12. The van der Waals surface area contributed by atoms with Gasteiger partial charge in [0.2, 0.25) is 5.91 Å². The van der Waals surface area contributed by atoms with Crippen molar-refractivity contribution in [2.75, 3.05) is 26.2 Å². The van der Waals surface area contributed by atoms with Gasteiger partial charge in [-0.25, -0.2) is 0 Å². The normalized spacial score (nSPS) is 21.8. The molecule has 0 spiro atoms. The van der Waals surface area contributed by atoms with Gasteiger partial charge in [-0.2, -0.15) is 0 Å². The summed E-state index contributed by atoms with van der Waals surface area (Å²) in [7, 11) is 0. The smallest absolute Gasteiger partial charge is 0.223 e. The number of likely N-dealkylation sites (tertiary alicyclic amines) is 1. The summed E-state index contributed by atoms with van der Waals surface area (Å²) in [5.41, 5.74) is 0.852. The number of carbonyl (C=O) groups excluding carboxylic acids is 1. The van der Waals surface area contributed by atoms with Crippen LogP contribution in [-0.4, -0.2) is 53.4 Å². The molecule has 2 N–H and O–H groups in total. The van der Waals surface area contributed by atoms with E-state index < -0.39 is 0 Å². The molecule has 134 valence electrons. The quantitative estimate of drug-likeness (QED) is 0.853. The number of aliphatic hydroxyl groups excluding tert-OH is 1. The van der Waals surface area contributed by atoms with Crippen LogP contribution in [0.5, 0.6) is 0 Å². The molecule has 0 saturated carbocycles. The largest absolute Gasteiger partial charge is 0.393 e. The van der Waals surface area contributed by atoms with Gasteiger partial charge in [-0.15, -0.1) is 0 Å². The third kappa shape index (κ3) is 4.36. The van der Waals surface area contributed by atoms with Crippen LogP contribution in [0.25, 0.3) is 0 Å². The summed E-state index contributed by atoms with van der Waals surface area (Å²) >= 11 is 0. The van der Waals surface area contributed by atoms with Crippen molar-refractivity contribution in [1.82, 2.24) is 15.4 Å². The van der Waals surface area contributed by atoms with Gasteiger partial charge in [0.05, 0.1) is 11.8 Å². The first-order valence-corrected chi connectivity index (χ1v) is 9.22. The van der Waals surface area contributed by atoms with Crippen LogP contribution in [-0.2, 0) is 11.2 Å². The summed E-state index contributed by atoms with van der Waals surface area (Å²) < 4.78 is 5.16. The van der Waals surface area contributed by atoms with E-state index in [0.29, 0.717) is 24.7 Å². The van der Waals surface area contributed by atoms with Crippen molar-refractivity contribution >= 4 is 5.91 Å². The topological polar surface area (TPSA) is 78.6 Å². The minimum Gasteiger partial charge on any atom is -0.393 e. The fraction of sp³-hybridized carbons (Fsp3) is 0.778. The Hall–Kier alpha value is -1.40. The molecule has 2 aliphatic heterocycles. The summed E-state index contributed by atoms with van der Waals surface area (Å²) in [4.78, 5) is 14.3. The SMILES string of the molecule is Cc1cc(CCC(=O)N2CCC(C(O)C3CCNCC3)CC2)on1. The van der Waals surface area contributed by atoms with Crippen molar-refractivity contribution in [3.63, 3.8) is 0 Å². The first-order chi connectivity index (χ1) is 11.6. The van der Waals surface area contributed by atoms with Crippen LogP contribution in [0.2, 0.25) is 0 Å². The van der Waals surface area contributed by atoms with Crippen LogP contribution in [0, 0.1) is 18.8 Å². The van der Waals surface area contributed by atoms with E-state index in [9.17, 15) is 9.90 Å². The molecule has 0 radical (unpaired) electrons. The molecular formula is C18H29N3O3. The molecule has 24 heavy (non-hydrogen) atoms. The molecule has 2 aliphatic rings. The standard InChI is InChI=1S/C18H29N3O3/c1-13-12-16(24-20-13)2-3-17(22)21-10-6-15(7-11-21)18(23)14-4-8-19-9-5-14/h12,14-15,18-19,23H,2-11H2,1H3. The van der Waals surface area contributed by atoms with E-state index in [1.54, 1.807) is 0 Å². The van der Waals surface area contributed by atoms with Crippen LogP contribution < -0.4 is 5.32 Å². The Bertz CT molecular complexity index is 531. The summed E-state index contributed by atoms with van der Waals surface area (Å²) in [6.07, 6.45) is 4.83. The molecule has 1 aromatic heterocycles. The van der Waals surface area contributed by atoms with Crippen molar-refractivity contribution < 1.29 is 14.4 Å². The molecule has 0 aromatic carbocycles. The Kier molecular flexibility index (Phi) is 5.89. The van der Waals surface area contributed by atoms with Gasteiger partial charge in [-0.1, -0.05) is 5.16 Å². The fourth-order valence-electron chi connectivity index (χ4n) is 3.98. The average molecular weight is 335 g/mol. The number of aliphatic hydroxyl groups is 1. The summed E-state index contributed by atoms with van der Waals surface area (Å²) in [6.45, 7) is 5.44. The number of amides is 1. The van der Waals surface area contributed by atoms with Crippen molar-refractivity contribution in [3.8, 4) is 0 Å². The lowest BCUT2D eigenvalue weighted by atomic mass is 9.80. The zero-order valence-corrected chi connectivity index (χ0v) is 14.5. The number of aryl methyl sites for hydroxylation is 2. The molecular weight excluding hydrogens is 306 g/mol. The molecule has 6 nitrogen and oxygen atoms in total. The first kappa shape index (κ1) is 17.4. The third-order valence-electron chi connectivity index (χ3n) is 5.50. The molecule has 2 saturated heterocycles. The highest BCUT2D eigenvalue weighted by molar-refractivity contribution is 5.76. The zero-order chi connectivity index (χ0) is 16.9. The van der Waals surface area contributed by atoms with Crippen molar-refractivity contribution in [2.45, 2.75) is 51.6 Å². The first-order valence-electron chi connectivity index (χ1n) is 9.22. The van der Waals surface area contributed by atoms with Crippen molar-refractivity contribution in [2.24, 2.45) is 11.8 Å². The van der Waals surface area contributed by atoms with Crippen molar-refractivity contribution in [1.29, 1.82) is 0 Å². The summed E-state index contributed by atoms with van der Waals surface area (Å²) in [6, 6.07) is 1.88. The van der Waals surface area contributed by atoms with Crippen LogP contribution >= 0.6 is 0 Å². The van der Waals surface area contributed by atoms with E-state index >= 15 is 0 Å². The lowest BCUT2D eigenvalue weighted by Crippen LogP contribution is -2.44. The Balaban J connectivity index is 1.41. The van der Waals surface area contributed by atoms with Crippen LogP contribution in [0.3, 0.4) is 0 Å². The second-order valence-corrected chi connectivity index (χ2v) is 7.23. The molecule has 1 atom stereocenters. The zero-order valence-electron chi connectivity index (χ0n) is 14.5. The maximum atomic E-state index is 12.3. The second-order valence-electron chi connectivity index (χ2n) is 7.23. The van der Waals surface area contributed by atoms with E-state index in [4.69, 9.17) is 4.52 Å². The lowest BCUT2D eigenvalue weighted by molar-refractivity contribution is -0.133. The maximum Gasteiger partial charge on any atom is 0.223 e. The number of nitrogens with zero attached hydrogens (tertiary/aromatic N) is 2. The van der Waals surface area contributed by atoms with Crippen LogP contribution in [0.1, 0.15) is 43.6 Å². The highest BCUT2D eigenvalue weighted by atomic mass is 16.5. The molecule has 1 unspecified atom stereocenters. The van der Waals surface area contributed by atoms with Gasteiger partial charge in [0, 0.05) is 32.0 Å². The van der Waals surface area contributed by atoms with Gasteiger partial charge in [-0.3, -0.25) is 4.79 Å². The highest BCUT2D eigenvalue weighted by Gasteiger charge is 2.32. The van der Waals surface area contributed by atoms with E-state index in [1.807, 2.05) is 17.9 Å². The van der Waals surface area contributed by atoms with Crippen LogP contribution in [0.15, 0.2) is 10.6 Å². The third-order valence-corrected chi connectivity index (χ3v) is 5.50. The number of aromatic nitrogens is 1. The Morgan fingerprint density at radius 2 is 2.00 bits per heavy atom. The summed E-state index contributed by atoms with van der Waals surface area (Å²) in [5, 5.41) is 17.8. The molecule has 3 heterocycles. The molecule has 6 heteroatoms. The molecule has 1 amide bonds. The maximum absolute atomic E-state index is 12.3. The van der Waals surface area contributed by atoms with Gasteiger partial charge in [0.1, 0.15) is 5.76 Å². The van der Waals surface area contributed by atoms with Gasteiger partial charge in [0.25, 0.3) is 0 Å². The number of hydrogen-bond acceptors (Lipinski definition) is 5. The van der Waals surface area contributed by atoms with Gasteiger partial charge in [0.15, 0.2) is 0 Å². The monoisotopic (exact) mass is 335 g/mol. The molecule has 1 aromatic rings. The van der Waals surface area contributed by atoms with Gasteiger partial charge >= 0.3 is 0 Å². The van der Waals surface area contributed by atoms with Crippen LogP contribution in [0.4, 0.5) is 0 Å². The number of nitrogens with one attached hydrogen (secondary N) is 1. The van der Waals surface area contributed by atoms with E-state index in [-0.39, 0.29) is 12.0 Å². The number of piperidine rings is 2. The lowest BCUT2D eigenvalue weighted by Gasteiger charge is -2.38. The van der Waals surface area contributed by atoms with Gasteiger partial charge in [-0.05, 0) is 57.5 Å². The molecule has 0 aliphatic carbocycles. The Morgan fingerprint density at radius 1 is 1.33 bits per heavy atom. The molecule has 0 bridgehead atoms. The number of rotatable bonds is 5. The average Bonchev–Trinajstić information content (AvgIpc) is 3.05. The van der Waals surface area contributed by atoms with Gasteiger partial charge < -0.3 is 19.8 Å². The Morgan fingerprint density at radius 3 is 2.62 bits per heavy atom. The predicted molar refractivity (Wildman–Crippen MR) is 90.5 cm³/mol. The summed E-state index contributed by atoms with van der Waals surface area (Å²) in [5.74, 6) is 1.72. The Labute approximate surface area is 143 Å². The predicted octanol–water partition coefficient (Wildman–Crippen LogP) is 1.51. The number of carbonyl (C=O) groups is 1. The highest BCUT2D eigenvalue weighted by Crippen LogP contribution is 2.29. The minimum absolute atomic E-state index is 0.179. The number of hydrogen-bond donors (Lipinski definition) is 2. The van der Waals surface area contributed by atoms with E-state index in [1.165, 1.54) is 0 Å². The fourth-order valence-corrected chi connectivity index (χ4v) is 3.98. The minimum atomic E-state index is -0.207. The van der Waals surface area contributed by atoms with Crippen molar-refractivity contribution in [3.05, 3.63) is 17.5 Å². The molecule has 2 fully saturated rings. The van der Waals surface area contributed by atoms with E-state index in [0.717, 1.165) is 63.3 Å². The van der Waals surface area contributed by atoms with E-state index in [2.05, 4.69) is 10.5 Å². The molecule has 3 rings (SSSR count).